The molecular weight excluding hydrogens is 290 g/mol. The Kier molecular flexibility index (Phi) is 3.89. The maximum Gasteiger partial charge on any atom is 0.437 e. The number of nitrogens with zero attached hydrogens (tertiary/aromatic N) is 4. The molecule has 2 aromatic heterocycles. The second-order valence-electron chi connectivity index (χ2n) is 4.21. The SMILES string of the molecule is Cn1c(=O)[nH]c(=O)c2c1nc([N+](=O)[O-])n2CCCCCl. The molecule has 0 saturated heterocycles. The lowest BCUT2D eigenvalue weighted by Crippen LogP contribution is -2.29. The van der Waals surface area contributed by atoms with Gasteiger partial charge in [0.05, 0.1) is 6.54 Å². The highest BCUT2D eigenvalue weighted by atomic mass is 35.5. The Labute approximate surface area is 117 Å². The molecular formula is C10H12ClN5O4. The summed E-state index contributed by atoms with van der Waals surface area (Å²) in [7, 11) is 1.39. The van der Waals surface area contributed by atoms with E-state index in [-0.39, 0.29) is 17.7 Å². The topological polar surface area (TPSA) is 116 Å². The van der Waals surface area contributed by atoms with Gasteiger partial charge in [0.2, 0.25) is 5.52 Å². The molecule has 20 heavy (non-hydrogen) atoms. The van der Waals surface area contributed by atoms with E-state index in [1.807, 2.05) is 0 Å². The van der Waals surface area contributed by atoms with Crippen LogP contribution in [-0.2, 0) is 13.6 Å². The fourth-order valence-electron chi connectivity index (χ4n) is 1.94. The Morgan fingerprint density at radius 3 is 2.70 bits per heavy atom. The summed E-state index contributed by atoms with van der Waals surface area (Å²) in [6.45, 7) is 0.237. The van der Waals surface area contributed by atoms with Gasteiger partial charge in [-0.15, -0.1) is 11.6 Å². The summed E-state index contributed by atoms with van der Waals surface area (Å²) >= 11 is 5.57. The van der Waals surface area contributed by atoms with Crippen LogP contribution in [0, 0.1) is 10.1 Å². The molecule has 0 atom stereocenters. The lowest BCUT2D eigenvalue weighted by atomic mass is 10.3. The van der Waals surface area contributed by atoms with Crippen molar-refractivity contribution in [1.82, 2.24) is 19.1 Å². The first kappa shape index (κ1) is 14.3. The first-order valence-electron chi connectivity index (χ1n) is 5.87. The highest BCUT2D eigenvalue weighted by Crippen LogP contribution is 2.18. The average molecular weight is 302 g/mol. The second-order valence-corrected chi connectivity index (χ2v) is 4.59. The van der Waals surface area contributed by atoms with Crippen LogP contribution in [0.4, 0.5) is 5.95 Å². The van der Waals surface area contributed by atoms with E-state index in [1.54, 1.807) is 0 Å². The Morgan fingerprint density at radius 1 is 1.40 bits per heavy atom. The minimum atomic E-state index is -0.686. The van der Waals surface area contributed by atoms with E-state index in [2.05, 4.69) is 9.97 Å². The van der Waals surface area contributed by atoms with E-state index in [0.29, 0.717) is 18.7 Å². The van der Waals surface area contributed by atoms with Crippen LogP contribution >= 0.6 is 11.6 Å². The largest absolute Gasteiger partial charge is 0.437 e. The van der Waals surface area contributed by atoms with Crippen LogP contribution in [0.1, 0.15) is 12.8 Å². The summed E-state index contributed by atoms with van der Waals surface area (Å²) < 4.78 is 2.28. The lowest BCUT2D eigenvalue weighted by molar-refractivity contribution is -0.396. The van der Waals surface area contributed by atoms with Crippen molar-refractivity contribution in [3.63, 3.8) is 0 Å². The van der Waals surface area contributed by atoms with Crippen molar-refractivity contribution in [2.24, 2.45) is 7.05 Å². The number of rotatable bonds is 5. The minimum Gasteiger partial charge on any atom is -0.390 e. The number of hydrogen-bond acceptors (Lipinski definition) is 5. The van der Waals surface area contributed by atoms with Crippen molar-refractivity contribution in [3.05, 3.63) is 31.0 Å². The monoisotopic (exact) mass is 301 g/mol. The fraction of sp³-hybridized carbons (Fsp3) is 0.500. The van der Waals surface area contributed by atoms with Crippen LogP contribution in [0.3, 0.4) is 0 Å². The molecule has 2 heterocycles. The molecule has 0 amide bonds. The van der Waals surface area contributed by atoms with Crippen molar-refractivity contribution >= 4 is 28.7 Å². The standard InChI is InChI=1S/C10H12ClN5O4/c1-14-7-6(8(17)13-10(14)18)15(5-3-2-4-11)9(12-7)16(19)20/h2-5H2,1H3,(H,13,17,18). The molecule has 0 unspecified atom stereocenters. The summed E-state index contributed by atoms with van der Waals surface area (Å²) in [5.74, 6) is -0.0313. The molecule has 0 aliphatic rings. The maximum atomic E-state index is 11.9. The van der Waals surface area contributed by atoms with E-state index < -0.39 is 22.1 Å². The lowest BCUT2D eigenvalue weighted by Gasteiger charge is -2.01. The van der Waals surface area contributed by atoms with Gasteiger partial charge in [-0.25, -0.2) is 9.36 Å². The normalized spacial score (nSPS) is 11.1. The summed E-state index contributed by atoms with van der Waals surface area (Å²) in [5.41, 5.74) is -1.33. The number of H-pyrrole nitrogens is 1. The van der Waals surface area contributed by atoms with Crippen molar-refractivity contribution in [1.29, 1.82) is 0 Å². The fourth-order valence-corrected chi connectivity index (χ4v) is 2.13. The Morgan fingerprint density at radius 2 is 2.10 bits per heavy atom. The smallest absolute Gasteiger partial charge is 0.390 e. The zero-order valence-electron chi connectivity index (χ0n) is 10.6. The molecule has 9 nitrogen and oxygen atoms in total. The number of aromatic nitrogens is 4. The molecule has 0 spiro atoms. The van der Waals surface area contributed by atoms with Crippen molar-refractivity contribution in [2.45, 2.75) is 19.4 Å². The molecule has 0 aromatic carbocycles. The van der Waals surface area contributed by atoms with E-state index in [0.717, 1.165) is 4.57 Å². The molecule has 0 radical (unpaired) electrons. The minimum absolute atomic E-state index is 0.00340. The molecule has 10 heteroatoms. The second kappa shape index (κ2) is 5.45. The molecule has 2 aromatic rings. The summed E-state index contributed by atoms with van der Waals surface area (Å²) in [4.78, 5) is 39.6. The quantitative estimate of drug-likeness (QED) is 0.370. The van der Waals surface area contributed by atoms with Crippen molar-refractivity contribution < 1.29 is 4.92 Å². The van der Waals surface area contributed by atoms with Gasteiger partial charge in [0.1, 0.15) is 0 Å². The highest BCUT2D eigenvalue weighted by Gasteiger charge is 2.26. The number of aryl methyl sites for hydroxylation is 2. The molecule has 2 rings (SSSR count). The van der Waals surface area contributed by atoms with Crippen molar-refractivity contribution in [2.75, 3.05) is 5.88 Å². The number of alkyl halides is 1. The predicted molar refractivity (Wildman–Crippen MR) is 72.2 cm³/mol. The number of halogens is 1. The molecule has 0 aliphatic carbocycles. The first-order chi connectivity index (χ1) is 9.47. The van der Waals surface area contributed by atoms with E-state index in [9.17, 15) is 19.7 Å². The van der Waals surface area contributed by atoms with Crippen LogP contribution in [0.25, 0.3) is 11.2 Å². The number of unbranched alkanes of at least 4 members (excludes halogenated alkanes) is 1. The van der Waals surface area contributed by atoms with Gasteiger partial charge in [0, 0.05) is 12.9 Å². The zero-order valence-corrected chi connectivity index (χ0v) is 11.4. The van der Waals surface area contributed by atoms with Gasteiger partial charge in [-0.1, -0.05) is 0 Å². The molecule has 1 N–H and O–H groups in total. The number of hydrogen-bond donors (Lipinski definition) is 1. The third-order valence-electron chi connectivity index (χ3n) is 2.92. The third kappa shape index (κ3) is 2.31. The number of imidazole rings is 1. The number of aromatic amines is 1. The predicted octanol–water partition coefficient (Wildman–Crippen LogP) is 0.350. The highest BCUT2D eigenvalue weighted by molar-refractivity contribution is 6.17. The van der Waals surface area contributed by atoms with Crippen LogP contribution in [0.15, 0.2) is 9.59 Å². The molecule has 0 aliphatic heterocycles. The number of nitro groups is 1. The third-order valence-corrected chi connectivity index (χ3v) is 3.18. The van der Waals surface area contributed by atoms with Gasteiger partial charge in [0.15, 0.2) is 0 Å². The van der Waals surface area contributed by atoms with Crippen LogP contribution in [0.5, 0.6) is 0 Å². The van der Waals surface area contributed by atoms with Crippen LogP contribution < -0.4 is 11.2 Å². The molecule has 0 fully saturated rings. The number of nitrogens with one attached hydrogen (secondary N) is 1. The zero-order chi connectivity index (χ0) is 14.9. The Bertz CT molecular complexity index is 774. The summed E-state index contributed by atoms with van der Waals surface area (Å²) in [6.07, 6.45) is 1.22. The maximum absolute atomic E-state index is 11.9. The van der Waals surface area contributed by atoms with Crippen LogP contribution in [-0.4, -0.2) is 29.9 Å². The van der Waals surface area contributed by atoms with Gasteiger partial charge in [0.25, 0.3) is 11.2 Å². The molecule has 0 bridgehead atoms. The van der Waals surface area contributed by atoms with Crippen LogP contribution in [0.2, 0.25) is 0 Å². The summed E-state index contributed by atoms with van der Waals surface area (Å²) in [5, 5.41) is 11.0. The van der Waals surface area contributed by atoms with Gasteiger partial charge in [-0.2, -0.15) is 0 Å². The van der Waals surface area contributed by atoms with E-state index in [4.69, 9.17) is 11.6 Å². The van der Waals surface area contributed by atoms with E-state index >= 15 is 0 Å². The van der Waals surface area contributed by atoms with Gasteiger partial charge < -0.3 is 10.1 Å². The Balaban J connectivity index is 2.72. The molecule has 0 saturated carbocycles. The number of fused-ring (bicyclic) bond motifs is 1. The Hall–Kier alpha value is -2.16. The summed E-state index contributed by atoms with van der Waals surface area (Å²) in [6, 6.07) is 0. The van der Waals surface area contributed by atoms with Crippen molar-refractivity contribution in [3.8, 4) is 0 Å². The van der Waals surface area contributed by atoms with E-state index in [1.165, 1.54) is 11.6 Å². The van der Waals surface area contributed by atoms with Gasteiger partial charge in [-0.05, 0) is 22.7 Å². The average Bonchev–Trinajstić information content (AvgIpc) is 2.77. The van der Waals surface area contributed by atoms with Gasteiger partial charge in [-0.3, -0.25) is 14.3 Å². The first-order valence-corrected chi connectivity index (χ1v) is 6.40. The molecule has 108 valence electrons. The van der Waals surface area contributed by atoms with Gasteiger partial charge >= 0.3 is 11.6 Å².